The molecule has 0 saturated carbocycles. The van der Waals surface area contributed by atoms with Gasteiger partial charge in [-0.25, -0.2) is 0 Å². The van der Waals surface area contributed by atoms with Crippen molar-refractivity contribution in [3.05, 3.63) is 93.7 Å². The molecule has 3 aromatic rings. The third kappa shape index (κ3) is 5.14. The summed E-state index contributed by atoms with van der Waals surface area (Å²) >= 11 is 3.39. The Morgan fingerprint density at radius 2 is 1.68 bits per heavy atom. The number of Topliss-reactive ketones (excluding diaryl/α,β-unsaturated/α-hetero) is 2. The predicted molar refractivity (Wildman–Crippen MR) is 112 cm³/mol. The highest BCUT2D eigenvalue weighted by Gasteiger charge is 2.12. The zero-order valence-corrected chi connectivity index (χ0v) is 17.3. The van der Waals surface area contributed by atoms with Crippen molar-refractivity contribution in [2.45, 2.75) is 26.4 Å². The van der Waals surface area contributed by atoms with Gasteiger partial charge in [-0.05, 0) is 43.2 Å². The van der Waals surface area contributed by atoms with E-state index in [0.29, 0.717) is 23.3 Å². The predicted octanol–water partition coefficient (Wildman–Crippen LogP) is 5.61. The first kappa shape index (κ1) is 20.0. The van der Waals surface area contributed by atoms with Crippen LogP contribution in [-0.4, -0.2) is 16.6 Å². The van der Waals surface area contributed by atoms with Crippen LogP contribution in [0.15, 0.2) is 71.5 Å². The first-order chi connectivity index (χ1) is 13.4. The van der Waals surface area contributed by atoms with E-state index in [2.05, 4.69) is 20.9 Å². The second kappa shape index (κ2) is 8.93. The van der Waals surface area contributed by atoms with E-state index in [4.69, 9.17) is 4.74 Å². The Bertz CT molecular complexity index is 981. The molecule has 0 saturated heterocycles. The lowest BCUT2D eigenvalue weighted by atomic mass is 10.0. The van der Waals surface area contributed by atoms with Gasteiger partial charge in [0, 0.05) is 28.2 Å². The van der Waals surface area contributed by atoms with Crippen molar-refractivity contribution in [3.8, 4) is 5.75 Å². The summed E-state index contributed by atoms with van der Waals surface area (Å²) in [6, 6.07) is 16.7. The summed E-state index contributed by atoms with van der Waals surface area (Å²) in [4.78, 5) is 28.1. The number of benzene rings is 2. The summed E-state index contributed by atoms with van der Waals surface area (Å²) in [5.74, 6) is 0.546. The highest BCUT2D eigenvalue weighted by Crippen LogP contribution is 2.23. The van der Waals surface area contributed by atoms with Gasteiger partial charge in [0.05, 0.1) is 6.20 Å². The molecule has 142 valence electrons. The number of hydrogen-bond donors (Lipinski definition) is 0. The highest BCUT2D eigenvalue weighted by atomic mass is 79.9. The molecular formula is C23H20BrNO3. The van der Waals surface area contributed by atoms with Crippen LogP contribution in [0.25, 0.3) is 0 Å². The number of aromatic nitrogens is 1. The van der Waals surface area contributed by atoms with Gasteiger partial charge in [0.25, 0.3) is 0 Å². The molecule has 0 amide bonds. The molecule has 0 aliphatic heterocycles. The Kier molecular flexibility index (Phi) is 6.37. The largest absolute Gasteiger partial charge is 0.484 e. The van der Waals surface area contributed by atoms with Crippen molar-refractivity contribution in [1.29, 1.82) is 0 Å². The van der Waals surface area contributed by atoms with Crippen molar-refractivity contribution in [2.75, 3.05) is 0 Å². The van der Waals surface area contributed by atoms with Crippen LogP contribution < -0.4 is 4.74 Å². The van der Waals surface area contributed by atoms with Crippen LogP contribution in [0.2, 0.25) is 0 Å². The Labute approximate surface area is 172 Å². The molecule has 0 aliphatic rings. The third-order valence-electron chi connectivity index (χ3n) is 4.41. The zero-order chi connectivity index (χ0) is 20.1. The summed E-state index contributed by atoms with van der Waals surface area (Å²) in [5.41, 5.74) is 3.06. The number of carbonyl (C=O) groups excluding carboxylic acids is 2. The van der Waals surface area contributed by atoms with E-state index in [1.165, 1.54) is 6.92 Å². The van der Waals surface area contributed by atoms with E-state index >= 15 is 0 Å². The molecular weight excluding hydrogens is 418 g/mol. The van der Waals surface area contributed by atoms with Crippen LogP contribution in [0.5, 0.6) is 5.75 Å². The molecule has 0 fully saturated rings. The van der Waals surface area contributed by atoms with Crippen molar-refractivity contribution >= 4 is 27.5 Å². The Hall–Kier alpha value is -2.79. The Balaban J connectivity index is 1.69. The normalized spacial score (nSPS) is 11.7. The first-order valence-electron chi connectivity index (χ1n) is 8.92. The van der Waals surface area contributed by atoms with Crippen molar-refractivity contribution in [3.63, 3.8) is 0 Å². The molecule has 0 radical (unpaired) electrons. The quantitative estimate of drug-likeness (QED) is 0.450. The number of carbonyl (C=O) groups is 2. The minimum atomic E-state index is -0.236. The Morgan fingerprint density at radius 1 is 1.00 bits per heavy atom. The molecule has 5 heteroatoms. The zero-order valence-electron chi connectivity index (χ0n) is 15.7. The van der Waals surface area contributed by atoms with Gasteiger partial charge in [0.2, 0.25) is 0 Å². The molecule has 1 aromatic heterocycles. The number of rotatable bonds is 7. The van der Waals surface area contributed by atoms with Crippen LogP contribution >= 0.6 is 15.9 Å². The summed E-state index contributed by atoms with van der Waals surface area (Å²) in [6.07, 6.45) is 3.22. The standard InChI is InChI=1S/C23H20BrNO3/c1-15(26)18-5-7-19(8-6-18)16(2)28-22-12-20(13-25-14-22)23(27)11-17-3-9-21(24)10-4-17/h3-10,12-14,16H,11H2,1-2H3/t16-/m1/s1. The number of pyridine rings is 1. The molecule has 2 aromatic carbocycles. The minimum absolute atomic E-state index is 0.0151. The van der Waals surface area contributed by atoms with Crippen molar-refractivity contribution < 1.29 is 14.3 Å². The van der Waals surface area contributed by atoms with Gasteiger partial charge in [-0.3, -0.25) is 14.6 Å². The molecule has 1 atom stereocenters. The van der Waals surface area contributed by atoms with E-state index < -0.39 is 0 Å². The van der Waals surface area contributed by atoms with Crippen molar-refractivity contribution in [2.24, 2.45) is 0 Å². The third-order valence-corrected chi connectivity index (χ3v) is 4.94. The van der Waals surface area contributed by atoms with E-state index in [-0.39, 0.29) is 17.7 Å². The summed E-state index contributed by atoms with van der Waals surface area (Å²) < 4.78 is 6.93. The van der Waals surface area contributed by atoms with E-state index in [0.717, 1.165) is 15.6 Å². The molecule has 0 aliphatic carbocycles. The van der Waals surface area contributed by atoms with Gasteiger partial charge in [-0.2, -0.15) is 0 Å². The number of halogens is 1. The average Bonchev–Trinajstić information content (AvgIpc) is 2.70. The maximum absolute atomic E-state index is 12.6. The molecule has 0 unspecified atom stereocenters. The molecule has 28 heavy (non-hydrogen) atoms. The molecule has 3 rings (SSSR count). The second-order valence-electron chi connectivity index (χ2n) is 6.57. The molecule has 0 N–H and O–H groups in total. The summed E-state index contributed by atoms with van der Waals surface area (Å²) in [5, 5.41) is 0. The van der Waals surface area contributed by atoms with E-state index in [1.54, 1.807) is 30.6 Å². The molecule has 0 bridgehead atoms. The maximum Gasteiger partial charge on any atom is 0.168 e. The van der Waals surface area contributed by atoms with E-state index in [9.17, 15) is 9.59 Å². The molecule has 4 nitrogen and oxygen atoms in total. The fourth-order valence-corrected chi connectivity index (χ4v) is 3.05. The number of ketones is 2. The maximum atomic E-state index is 12.6. The van der Waals surface area contributed by atoms with Gasteiger partial charge in [0.1, 0.15) is 11.9 Å². The van der Waals surface area contributed by atoms with Crippen LogP contribution in [0.3, 0.4) is 0 Å². The lowest BCUT2D eigenvalue weighted by Crippen LogP contribution is -2.07. The van der Waals surface area contributed by atoms with Crippen LogP contribution in [0.4, 0.5) is 0 Å². The number of hydrogen-bond acceptors (Lipinski definition) is 4. The van der Waals surface area contributed by atoms with Gasteiger partial charge >= 0.3 is 0 Å². The lowest BCUT2D eigenvalue weighted by molar-refractivity contribution is 0.0989. The monoisotopic (exact) mass is 437 g/mol. The van der Waals surface area contributed by atoms with E-state index in [1.807, 2.05) is 43.3 Å². The highest BCUT2D eigenvalue weighted by molar-refractivity contribution is 9.10. The van der Waals surface area contributed by atoms with Crippen molar-refractivity contribution in [1.82, 2.24) is 4.98 Å². The average molecular weight is 438 g/mol. The summed E-state index contributed by atoms with van der Waals surface area (Å²) in [6.45, 7) is 3.45. The fraction of sp³-hybridized carbons (Fsp3) is 0.174. The number of nitrogens with zero attached hydrogens (tertiary/aromatic N) is 1. The van der Waals surface area contributed by atoms with Crippen LogP contribution in [0.1, 0.15) is 51.8 Å². The minimum Gasteiger partial charge on any atom is -0.484 e. The first-order valence-corrected chi connectivity index (χ1v) is 9.72. The van der Waals surface area contributed by atoms with Crippen LogP contribution in [-0.2, 0) is 6.42 Å². The summed E-state index contributed by atoms with van der Waals surface area (Å²) in [7, 11) is 0. The second-order valence-corrected chi connectivity index (χ2v) is 7.49. The van der Waals surface area contributed by atoms with Gasteiger partial charge < -0.3 is 4.74 Å². The number of ether oxygens (including phenoxy) is 1. The fourth-order valence-electron chi connectivity index (χ4n) is 2.79. The Morgan fingerprint density at radius 3 is 2.32 bits per heavy atom. The van der Waals surface area contributed by atoms with Gasteiger partial charge in [-0.1, -0.05) is 52.3 Å². The van der Waals surface area contributed by atoms with Gasteiger partial charge in [-0.15, -0.1) is 0 Å². The lowest BCUT2D eigenvalue weighted by Gasteiger charge is -2.15. The van der Waals surface area contributed by atoms with Crippen LogP contribution in [0, 0.1) is 0 Å². The smallest absolute Gasteiger partial charge is 0.168 e. The topological polar surface area (TPSA) is 56.3 Å². The van der Waals surface area contributed by atoms with Gasteiger partial charge in [0.15, 0.2) is 11.6 Å². The molecule has 1 heterocycles. The SMILES string of the molecule is CC(=O)c1ccc([C@@H](C)Oc2cncc(C(=O)Cc3ccc(Br)cc3)c2)cc1. The molecule has 0 spiro atoms.